The molecule has 4 nitrogen and oxygen atoms in total. The van der Waals surface area contributed by atoms with E-state index in [1.54, 1.807) is 12.1 Å². The number of hydrogen-bond acceptors (Lipinski definition) is 3. The van der Waals surface area contributed by atoms with Crippen LogP contribution in [0.1, 0.15) is 70.8 Å². The minimum absolute atomic E-state index is 0.0228. The predicted octanol–water partition coefficient (Wildman–Crippen LogP) is 5.12. The first-order chi connectivity index (χ1) is 12.2. The molecule has 0 unspecified atom stereocenters. The van der Waals surface area contributed by atoms with Crippen molar-refractivity contribution in [1.82, 2.24) is 0 Å². The molecule has 3 rings (SSSR count). The summed E-state index contributed by atoms with van der Waals surface area (Å²) < 4.78 is 0. The summed E-state index contributed by atoms with van der Waals surface area (Å²) in [6.45, 7) is 8.55. The second-order valence-electron chi connectivity index (χ2n) is 8.14. The number of thiophene rings is 1. The van der Waals surface area contributed by atoms with Crippen molar-refractivity contribution < 1.29 is 14.7 Å². The Labute approximate surface area is 158 Å². The van der Waals surface area contributed by atoms with E-state index in [0.29, 0.717) is 16.5 Å². The summed E-state index contributed by atoms with van der Waals surface area (Å²) >= 11 is 1.41. The molecule has 0 bridgehead atoms. The number of carboxylic acids is 1. The van der Waals surface area contributed by atoms with Crippen LogP contribution in [0.5, 0.6) is 0 Å². The van der Waals surface area contributed by atoms with Gasteiger partial charge in [0.1, 0.15) is 5.00 Å². The fourth-order valence-corrected chi connectivity index (χ4v) is 4.76. The van der Waals surface area contributed by atoms with Crippen molar-refractivity contribution in [3.05, 3.63) is 51.4 Å². The Bertz CT molecular complexity index is 843. The molecule has 0 radical (unpaired) electrons. The number of carbonyl (C=O) groups is 2. The van der Waals surface area contributed by atoms with E-state index in [9.17, 15) is 14.7 Å². The molecule has 1 amide bonds. The van der Waals surface area contributed by atoms with Crippen LogP contribution in [-0.2, 0) is 18.3 Å². The molecule has 2 aromatic rings. The first-order valence-corrected chi connectivity index (χ1v) is 9.78. The predicted molar refractivity (Wildman–Crippen MR) is 106 cm³/mol. The van der Waals surface area contributed by atoms with E-state index >= 15 is 0 Å². The van der Waals surface area contributed by atoms with E-state index < -0.39 is 5.97 Å². The normalized spacial score (nSPS) is 16.8. The minimum Gasteiger partial charge on any atom is -0.478 e. The molecule has 5 heteroatoms. The second-order valence-corrected chi connectivity index (χ2v) is 9.25. The molecule has 0 saturated heterocycles. The summed E-state index contributed by atoms with van der Waals surface area (Å²) in [5.74, 6) is -0.675. The number of amides is 1. The molecular weight excluding hydrogens is 346 g/mol. The molecule has 1 aromatic carbocycles. The van der Waals surface area contributed by atoms with Gasteiger partial charge in [0.25, 0.3) is 5.91 Å². The van der Waals surface area contributed by atoms with Gasteiger partial charge in [0.2, 0.25) is 0 Å². The number of nitrogens with one attached hydrogen (secondary N) is 1. The zero-order chi connectivity index (χ0) is 19.1. The van der Waals surface area contributed by atoms with E-state index in [1.165, 1.54) is 11.3 Å². The third-order valence-corrected chi connectivity index (χ3v) is 6.14. The highest BCUT2D eigenvalue weighted by Gasteiger charge is 2.28. The van der Waals surface area contributed by atoms with Crippen LogP contribution in [-0.4, -0.2) is 17.0 Å². The van der Waals surface area contributed by atoms with Crippen LogP contribution >= 0.6 is 11.3 Å². The minimum atomic E-state index is -0.963. The Morgan fingerprint density at radius 3 is 2.42 bits per heavy atom. The molecule has 1 heterocycles. The molecule has 0 fully saturated rings. The number of carboxylic acid groups (broad SMARTS) is 1. The first-order valence-electron chi connectivity index (χ1n) is 8.96. The van der Waals surface area contributed by atoms with E-state index in [2.05, 4.69) is 33.0 Å². The van der Waals surface area contributed by atoms with Gasteiger partial charge in [-0.05, 0) is 53.9 Å². The lowest BCUT2D eigenvalue weighted by Gasteiger charge is -2.19. The van der Waals surface area contributed by atoms with Crippen LogP contribution in [0.2, 0.25) is 0 Å². The zero-order valence-electron chi connectivity index (χ0n) is 15.7. The van der Waals surface area contributed by atoms with E-state index in [4.69, 9.17) is 0 Å². The van der Waals surface area contributed by atoms with Gasteiger partial charge in [0.05, 0.1) is 5.56 Å². The highest BCUT2D eigenvalue weighted by Crippen LogP contribution is 2.39. The van der Waals surface area contributed by atoms with E-state index in [0.717, 1.165) is 35.3 Å². The number of carbonyl (C=O) groups excluding carboxylic acids is 1. The largest absolute Gasteiger partial charge is 0.478 e. The van der Waals surface area contributed by atoms with Gasteiger partial charge in [-0.15, -0.1) is 11.3 Å². The maximum atomic E-state index is 12.6. The van der Waals surface area contributed by atoms with E-state index in [1.807, 2.05) is 12.1 Å². The van der Waals surface area contributed by atoms with Gasteiger partial charge in [-0.25, -0.2) is 4.79 Å². The molecule has 2 N–H and O–H groups in total. The van der Waals surface area contributed by atoms with Crippen molar-refractivity contribution in [1.29, 1.82) is 0 Å². The van der Waals surface area contributed by atoms with Gasteiger partial charge in [-0.3, -0.25) is 4.79 Å². The topological polar surface area (TPSA) is 66.4 Å². The van der Waals surface area contributed by atoms with Crippen molar-refractivity contribution in [2.24, 2.45) is 5.92 Å². The van der Waals surface area contributed by atoms with Crippen molar-refractivity contribution in [3.8, 4) is 0 Å². The summed E-state index contributed by atoms with van der Waals surface area (Å²) in [4.78, 5) is 25.5. The Hall–Kier alpha value is -2.14. The fraction of sp³-hybridized carbons (Fsp3) is 0.429. The average molecular weight is 372 g/mol. The molecule has 26 heavy (non-hydrogen) atoms. The summed E-state index contributed by atoms with van der Waals surface area (Å²) in [6, 6.07) is 7.50. The van der Waals surface area contributed by atoms with Gasteiger partial charge < -0.3 is 10.4 Å². The van der Waals surface area contributed by atoms with Gasteiger partial charge in [-0.1, -0.05) is 39.8 Å². The standard InChI is InChI=1S/C21H25NO3S/c1-12-5-10-15-16(11-12)26-19(17(15)20(24)25)22-18(23)13-6-8-14(9-7-13)21(2,3)4/h6-9,12H,5,10-11H2,1-4H3,(H,22,23)(H,24,25)/t12-/m1/s1. The SMILES string of the molecule is C[C@@H]1CCc2c(sc(NC(=O)c3ccc(C(C)(C)C)cc3)c2C(=O)O)C1. The van der Waals surface area contributed by atoms with E-state index in [-0.39, 0.29) is 16.9 Å². The van der Waals surface area contributed by atoms with Gasteiger partial charge >= 0.3 is 5.97 Å². The van der Waals surface area contributed by atoms with Gasteiger partial charge in [0, 0.05) is 10.4 Å². The molecule has 1 atom stereocenters. The fourth-order valence-electron chi connectivity index (χ4n) is 3.36. The van der Waals surface area contributed by atoms with Crippen molar-refractivity contribution in [2.75, 3.05) is 5.32 Å². The molecule has 0 aliphatic heterocycles. The molecule has 0 spiro atoms. The third kappa shape index (κ3) is 3.68. The number of aromatic carboxylic acids is 1. The van der Waals surface area contributed by atoms with Crippen LogP contribution in [0.4, 0.5) is 5.00 Å². The Balaban J connectivity index is 1.87. The van der Waals surface area contributed by atoms with Crippen LogP contribution in [0.25, 0.3) is 0 Å². The Kier molecular flexibility index (Phi) is 4.93. The van der Waals surface area contributed by atoms with Crippen molar-refractivity contribution >= 4 is 28.2 Å². The second kappa shape index (κ2) is 6.88. The average Bonchev–Trinajstić information content (AvgIpc) is 2.91. The van der Waals surface area contributed by atoms with Crippen LogP contribution in [0.15, 0.2) is 24.3 Å². The van der Waals surface area contributed by atoms with Gasteiger partial charge in [-0.2, -0.15) is 0 Å². The molecule has 0 saturated carbocycles. The summed E-state index contributed by atoms with van der Waals surface area (Å²) in [5, 5.41) is 12.9. The Morgan fingerprint density at radius 2 is 1.85 bits per heavy atom. The van der Waals surface area contributed by atoms with Crippen LogP contribution < -0.4 is 5.32 Å². The smallest absolute Gasteiger partial charge is 0.339 e. The zero-order valence-corrected chi connectivity index (χ0v) is 16.5. The maximum absolute atomic E-state index is 12.6. The number of benzene rings is 1. The highest BCUT2D eigenvalue weighted by atomic mass is 32.1. The number of anilines is 1. The first kappa shape index (κ1) is 18.6. The lowest BCUT2D eigenvalue weighted by molar-refractivity contribution is 0.0697. The molecule has 1 aliphatic carbocycles. The molecule has 1 aliphatic rings. The van der Waals surface area contributed by atoms with Gasteiger partial charge in [0.15, 0.2) is 0 Å². The summed E-state index contributed by atoms with van der Waals surface area (Å²) in [7, 11) is 0. The monoisotopic (exact) mass is 371 g/mol. The highest BCUT2D eigenvalue weighted by molar-refractivity contribution is 7.17. The van der Waals surface area contributed by atoms with Crippen molar-refractivity contribution in [3.63, 3.8) is 0 Å². The molecule has 1 aromatic heterocycles. The lowest BCUT2D eigenvalue weighted by Crippen LogP contribution is -2.16. The number of rotatable bonds is 3. The quantitative estimate of drug-likeness (QED) is 0.787. The third-order valence-electron chi connectivity index (χ3n) is 4.97. The summed E-state index contributed by atoms with van der Waals surface area (Å²) in [5.41, 5.74) is 2.89. The van der Waals surface area contributed by atoms with Crippen LogP contribution in [0.3, 0.4) is 0 Å². The lowest BCUT2D eigenvalue weighted by atomic mass is 9.86. The number of hydrogen-bond donors (Lipinski definition) is 2. The molecular formula is C21H25NO3S. The number of fused-ring (bicyclic) bond motifs is 1. The maximum Gasteiger partial charge on any atom is 0.339 e. The Morgan fingerprint density at radius 1 is 1.19 bits per heavy atom. The molecule has 138 valence electrons. The van der Waals surface area contributed by atoms with Crippen molar-refractivity contribution in [2.45, 2.75) is 52.4 Å². The summed E-state index contributed by atoms with van der Waals surface area (Å²) in [6.07, 6.45) is 2.65. The van der Waals surface area contributed by atoms with Crippen LogP contribution in [0, 0.1) is 5.92 Å².